The number of nitrogens with zero attached hydrogens (tertiary/aromatic N) is 1. The van der Waals surface area contributed by atoms with E-state index in [-0.39, 0.29) is 23.5 Å². The first kappa shape index (κ1) is 18.5. The van der Waals surface area contributed by atoms with Crippen LogP contribution >= 0.6 is 0 Å². The molecule has 0 aliphatic rings. The number of methoxy groups -OCH3 is 1. The lowest BCUT2D eigenvalue weighted by molar-refractivity contribution is -0.120. The molecule has 0 saturated carbocycles. The topological polar surface area (TPSA) is 70.9 Å². The van der Waals surface area contributed by atoms with Crippen LogP contribution in [0.3, 0.4) is 0 Å². The van der Waals surface area contributed by atoms with Crippen molar-refractivity contribution >= 4 is 12.1 Å². The SMILES string of the molecule is COc1ccc(O)c(C=NNC(=O)Cc2ccc(C(C)(C)C)cc2)c1. The molecule has 0 spiro atoms. The van der Waals surface area contributed by atoms with Crippen molar-refractivity contribution in [2.45, 2.75) is 32.6 Å². The number of benzene rings is 2. The Balaban J connectivity index is 1.94. The van der Waals surface area contributed by atoms with Gasteiger partial charge in [0, 0.05) is 5.56 Å². The predicted octanol–water partition coefficient (Wildman–Crippen LogP) is 3.39. The highest BCUT2D eigenvalue weighted by Gasteiger charge is 2.13. The van der Waals surface area contributed by atoms with Crippen molar-refractivity contribution in [3.8, 4) is 11.5 Å². The minimum Gasteiger partial charge on any atom is -0.507 e. The van der Waals surface area contributed by atoms with Gasteiger partial charge < -0.3 is 9.84 Å². The molecule has 2 rings (SSSR count). The summed E-state index contributed by atoms with van der Waals surface area (Å²) in [4.78, 5) is 12.0. The van der Waals surface area contributed by atoms with Gasteiger partial charge in [-0.3, -0.25) is 4.79 Å². The van der Waals surface area contributed by atoms with Crippen molar-refractivity contribution < 1.29 is 14.6 Å². The summed E-state index contributed by atoms with van der Waals surface area (Å²) in [6.45, 7) is 6.45. The fraction of sp³-hybridized carbons (Fsp3) is 0.300. The number of phenols is 1. The Kier molecular flexibility index (Phi) is 5.80. The molecule has 2 aromatic rings. The lowest BCUT2D eigenvalue weighted by Gasteiger charge is -2.19. The van der Waals surface area contributed by atoms with E-state index in [9.17, 15) is 9.90 Å². The maximum Gasteiger partial charge on any atom is 0.244 e. The highest BCUT2D eigenvalue weighted by atomic mass is 16.5. The molecule has 5 heteroatoms. The fourth-order valence-corrected chi connectivity index (χ4v) is 2.28. The van der Waals surface area contributed by atoms with Gasteiger partial charge in [0.05, 0.1) is 19.7 Å². The van der Waals surface area contributed by atoms with E-state index in [0.717, 1.165) is 5.56 Å². The van der Waals surface area contributed by atoms with E-state index in [2.05, 4.69) is 31.3 Å². The molecule has 2 N–H and O–H groups in total. The lowest BCUT2D eigenvalue weighted by atomic mass is 9.86. The largest absolute Gasteiger partial charge is 0.507 e. The number of nitrogens with one attached hydrogen (secondary N) is 1. The van der Waals surface area contributed by atoms with E-state index in [1.54, 1.807) is 19.2 Å². The molecule has 0 aromatic heterocycles. The predicted molar refractivity (Wildman–Crippen MR) is 99.2 cm³/mol. The number of phenolic OH excluding ortho intramolecular Hbond substituents is 1. The van der Waals surface area contributed by atoms with Crippen LogP contribution in [0, 0.1) is 0 Å². The first-order chi connectivity index (χ1) is 11.8. The standard InChI is InChI=1S/C20H24N2O3/c1-20(2,3)16-7-5-14(6-8-16)11-19(24)22-21-13-15-12-17(25-4)9-10-18(15)23/h5-10,12-13,23H,11H2,1-4H3,(H,22,24). The summed E-state index contributed by atoms with van der Waals surface area (Å²) < 4.78 is 5.09. The number of hydrogen-bond donors (Lipinski definition) is 2. The van der Waals surface area contributed by atoms with E-state index in [1.165, 1.54) is 17.8 Å². The Morgan fingerprint density at radius 1 is 1.20 bits per heavy atom. The fourth-order valence-electron chi connectivity index (χ4n) is 2.28. The third-order valence-corrected chi connectivity index (χ3v) is 3.81. The molecule has 0 atom stereocenters. The van der Waals surface area contributed by atoms with Crippen molar-refractivity contribution in [3.05, 3.63) is 59.2 Å². The molecule has 0 aliphatic carbocycles. The van der Waals surface area contributed by atoms with Crippen LogP contribution in [0.25, 0.3) is 0 Å². The lowest BCUT2D eigenvalue weighted by Crippen LogP contribution is -2.20. The average Bonchev–Trinajstić information content (AvgIpc) is 2.56. The van der Waals surface area contributed by atoms with Crippen LogP contribution in [0.4, 0.5) is 0 Å². The van der Waals surface area contributed by atoms with E-state index in [4.69, 9.17) is 4.74 Å². The van der Waals surface area contributed by atoms with E-state index in [1.807, 2.05) is 24.3 Å². The molecule has 0 fully saturated rings. The first-order valence-electron chi connectivity index (χ1n) is 8.08. The molecular weight excluding hydrogens is 316 g/mol. The van der Waals surface area contributed by atoms with Gasteiger partial charge in [-0.15, -0.1) is 0 Å². The molecule has 5 nitrogen and oxygen atoms in total. The Hall–Kier alpha value is -2.82. The number of carbonyl (C=O) groups is 1. The molecule has 1 amide bonds. The normalized spacial score (nSPS) is 11.5. The van der Waals surface area contributed by atoms with Crippen molar-refractivity contribution in [1.82, 2.24) is 5.43 Å². The minimum absolute atomic E-state index is 0.0663. The summed E-state index contributed by atoms with van der Waals surface area (Å²) in [6, 6.07) is 12.8. The van der Waals surface area contributed by atoms with E-state index < -0.39 is 0 Å². The molecule has 2 aromatic carbocycles. The molecular formula is C20H24N2O3. The van der Waals surface area contributed by atoms with Gasteiger partial charge in [0.25, 0.3) is 0 Å². The van der Waals surface area contributed by atoms with Gasteiger partial charge in [0.1, 0.15) is 11.5 Å². The van der Waals surface area contributed by atoms with Gasteiger partial charge in [-0.05, 0) is 34.7 Å². The number of hydrazone groups is 1. The van der Waals surface area contributed by atoms with Crippen molar-refractivity contribution in [3.63, 3.8) is 0 Å². The van der Waals surface area contributed by atoms with Crippen LogP contribution in [0.2, 0.25) is 0 Å². The van der Waals surface area contributed by atoms with E-state index >= 15 is 0 Å². The van der Waals surface area contributed by atoms with E-state index in [0.29, 0.717) is 11.3 Å². The maximum absolute atomic E-state index is 12.0. The number of hydrogen-bond acceptors (Lipinski definition) is 4. The summed E-state index contributed by atoms with van der Waals surface area (Å²) in [5, 5.41) is 13.7. The number of carbonyl (C=O) groups excluding carboxylic acids is 1. The van der Waals surface area contributed by atoms with Crippen LogP contribution < -0.4 is 10.2 Å². The summed E-state index contributed by atoms with van der Waals surface area (Å²) in [6.07, 6.45) is 1.63. The summed E-state index contributed by atoms with van der Waals surface area (Å²) in [5.41, 5.74) is 5.17. The van der Waals surface area contributed by atoms with Gasteiger partial charge in [0.2, 0.25) is 5.91 Å². The van der Waals surface area contributed by atoms with Crippen molar-refractivity contribution in [2.75, 3.05) is 7.11 Å². The Morgan fingerprint density at radius 2 is 1.88 bits per heavy atom. The quantitative estimate of drug-likeness (QED) is 0.647. The Labute approximate surface area is 148 Å². The number of amides is 1. The Bertz CT molecular complexity index is 760. The summed E-state index contributed by atoms with van der Waals surface area (Å²) in [7, 11) is 1.54. The number of aromatic hydroxyl groups is 1. The number of ether oxygens (including phenoxy) is 1. The highest BCUT2D eigenvalue weighted by Crippen LogP contribution is 2.22. The molecule has 132 valence electrons. The third-order valence-electron chi connectivity index (χ3n) is 3.81. The number of rotatable bonds is 5. The molecule has 0 unspecified atom stereocenters. The zero-order chi connectivity index (χ0) is 18.4. The summed E-state index contributed by atoms with van der Waals surface area (Å²) in [5.74, 6) is 0.447. The second-order valence-corrected chi connectivity index (χ2v) is 6.84. The van der Waals surface area contributed by atoms with Crippen LogP contribution in [0.1, 0.15) is 37.5 Å². The zero-order valence-corrected chi connectivity index (χ0v) is 15.0. The second-order valence-electron chi connectivity index (χ2n) is 6.84. The molecule has 25 heavy (non-hydrogen) atoms. The van der Waals surface area contributed by atoms with Gasteiger partial charge in [-0.2, -0.15) is 5.10 Å². The third kappa shape index (κ3) is 5.35. The van der Waals surface area contributed by atoms with Gasteiger partial charge in [-0.25, -0.2) is 5.43 Å². The monoisotopic (exact) mass is 340 g/mol. The summed E-state index contributed by atoms with van der Waals surface area (Å²) >= 11 is 0. The van der Waals surface area contributed by atoms with Crippen LogP contribution in [0.15, 0.2) is 47.6 Å². The van der Waals surface area contributed by atoms with Crippen molar-refractivity contribution in [2.24, 2.45) is 5.10 Å². The first-order valence-corrected chi connectivity index (χ1v) is 8.08. The van der Waals surface area contributed by atoms with Crippen LogP contribution in [0.5, 0.6) is 11.5 Å². The maximum atomic E-state index is 12.0. The molecule has 0 radical (unpaired) electrons. The zero-order valence-electron chi connectivity index (χ0n) is 15.0. The van der Waals surface area contributed by atoms with Gasteiger partial charge >= 0.3 is 0 Å². The second kappa shape index (κ2) is 7.83. The van der Waals surface area contributed by atoms with Crippen LogP contribution in [-0.4, -0.2) is 24.3 Å². The smallest absolute Gasteiger partial charge is 0.244 e. The molecule has 0 bridgehead atoms. The average molecular weight is 340 g/mol. The van der Waals surface area contributed by atoms with Crippen molar-refractivity contribution in [1.29, 1.82) is 0 Å². The highest BCUT2D eigenvalue weighted by molar-refractivity contribution is 5.86. The van der Waals surface area contributed by atoms with Crippen LogP contribution in [-0.2, 0) is 16.6 Å². The molecule has 0 aliphatic heterocycles. The Morgan fingerprint density at radius 3 is 2.48 bits per heavy atom. The van der Waals surface area contributed by atoms with Gasteiger partial charge in [0.15, 0.2) is 0 Å². The molecule has 0 heterocycles. The molecule has 0 saturated heterocycles. The minimum atomic E-state index is -0.220. The van der Waals surface area contributed by atoms with Gasteiger partial charge in [-0.1, -0.05) is 45.0 Å².